The molecule has 0 amide bonds. The standard InChI is InChI=1S/C53H33BrN2/c54-34-27-30-47-44(31-34)38-19-9-12-24-45(38)53(47)46-25-13-10-23-43(46)52-42-22-8-7-21-40(42)51(33-48(52)53)55(35-15-3-1-4-16-35)37-28-29-41-39-20-11-14-26-49(39)56(50(41)32-37)36-17-5-2-6-18-36/h1-33H. The number of para-hydroxylation sites is 3. The Morgan fingerprint density at radius 2 is 1.00 bits per heavy atom. The number of hydrogen-bond donors (Lipinski definition) is 0. The molecule has 10 aromatic rings. The molecular weight excluding hydrogens is 745 g/mol. The Bertz CT molecular complexity index is 3220. The van der Waals surface area contributed by atoms with Gasteiger partial charge in [-0.1, -0.05) is 155 Å². The molecule has 0 radical (unpaired) electrons. The predicted octanol–water partition coefficient (Wildman–Crippen LogP) is 14.5. The fourth-order valence-electron chi connectivity index (χ4n) is 10.1. The summed E-state index contributed by atoms with van der Waals surface area (Å²) < 4.78 is 3.50. The molecule has 0 saturated carbocycles. The lowest BCUT2D eigenvalue weighted by molar-refractivity contribution is 0.794. The number of anilines is 3. The third kappa shape index (κ3) is 4.21. The summed E-state index contributed by atoms with van der Waals surface area (Å²) in [6.07, 6.45) is 0. The van der Waals surface area contributed by atoms with Crippen LogP contribution in [-0.4, -0.2) is 4.57 Å². The van der Waals surface area contributed by atoms with Crippen LogP contribution in [0.25, 0.3) is 60.5 Å². The van der Waals surface area contributed by atoms with Gasteiger partial charge in [-0.2, -0.15) is 0 Å². The van der Waals surface area contributed by atoms with Gasteiger partial charge in [-0.3, -0.25) is 0 Å². The molecule has 1 spiro atoms. The quantitative estimate of drug-likeness (QED) is 0.173. The molecule has 2 nitrogen and oxygen atoms in total. The minimum atomic E-state index is -0.483. The lowest BCUT2D eigenvalue weighted by Crippen LogP contribution is -2.26. The fraction of sp³-hybridized carbons (Fsp3) is 0.0189. The fourth-order valence-corrected chi connectivity index (χ4v) is 10.5. The van der Waals surface area contributed by atoms with E-state index in [0.717, 1.165) is 27.2 Å². The molecule has 56 heavy (non-hydrogen) atoms. The van der Waals surface area contributed by atoms with Gasteiger partial charge in [-0.05, 0) is 111 Å². The van der Waals surface area contributed by atoms with Crippen molar-refractivity contribution < 1.29 is 0 Å². The number of nitrogens with zero attached hydrogens (tertiary/aromatic N) is 2. The Hall–Kier alpha value is -6.68. The molecule has 0 fully saturated rings. The minimum absolute atomic E-state index is 0.483. The second kappa shape index (κ2) is 11.9. The van der Waals surface area contributed by atoms with Crippen molar-refractivity contribution >= 4 is 65.6 Å². The zero-order valence-corrected chi connectivity index (χ0v) is 31.9. The van der Waals surface area contributed by atoms with Crippen LogP contribution in [0, 0.1) is 0 Å². The molecule has 262 valence electrons. The Morgan fingerprint density at radius 3 is 1.80 bits per heavy atom. The highest BCUT2D eigenvalue weighted by molar-refractivity contribution is 9.10. The number of halogens is 1. The molecule has 1 unspecified atom stereocenters. The molecule has 1 atom stereocenters. The molecule has 3 heteroatoms. The first-order valence-electron chi connectivity index (χ1n) is 19.2. The maximum Gasteiger partial charge on any atom is 0.0726 e. The van der Waals surface area contributed by atoms with Gasteiger partial charge in [-0.25, -0.2) is 0 Å². The monoisotopic (exact) mass is 776 g/mol. The maximum absolute atomic E-state index is 3.83. The summed E-state index contributed by atoms with van der Waals surface area (Å²) in [4.78, 5) is 2.48. The van der Waals surface area contributed by atoms with Crippen molar-refractivity contribution in [3.8, 4) is 27.9 Å². The van der Waals surface area contributed by atoms with Crippen LogP contribution in [0.2, 0.25) is 0 Å². The van der Waals surface area contributed by atoms with E-state index in [4.69, 9.17) is 0 Å². The molecule has 2 aliphatic rings. The lowest BCUT2D eigenvalue weighted by atomic mass is 9.70. The van der Waals surface area contributed by atoms with Crippen LogP contribution in [-0.2, 0) is 5.41 Å². The van der Waals surface area contributed by atoms with Gasteiger partial charge in [0.25, 0.3) is 0 Å². The van der Waals surface area contributed by atoms with Crippen molar-refractivity contribution in [1.29, 1.82) is 0 Å². The average molecular weight is 778 g/mol. The van der Waals surface area contributed by atoms with Crippen LogP contribution in [0.1, 0.15) is 22.3 Å². The third-order valence-corrected chi connectivity index (χ3v) is 12.7. The van der Waals surface area contributed by atoms with Crippen LogP contribution < -0.4 is 4.90 Å². The van der Waals surface area contributed by atoms with Gasteiger partial charge in [0.1, 0.15) is 0 Å². The van der Waals surface area contributed by atoms with Crippen LogP contribution in [0.4, 0.5) is 17.1 Å². The zero-order valence-electron chi connectivity index (χ0n) is 30.3. The summed E-state index contributed by atoms with van der Waals surface area (Å²) >= 11 is 3.83. The second-order valence-corrected chi connectivity index (χ2v) is 15.9. The van der Waals surface area contributed by atoms with Crippen LogP contribution >= 0.6 is 15.9 Å². The average Bonchev–Trinajstić information content (AvgIpc) is 3.86. The molecule has 2 aliphatic carbocycles. The van der Waals surface area contributed by atoms with Crippen LogP contribution in [0.5, 0.6) is 0 Å². The van der Waals surface area contributed by atoms with E-state index < -0.39 is 5.41 Å². The summed E-state index contributed by atoms with van der Waals surface area (Å²) in [6, 6.07) is 74.0. The minimum Gasteiger partial charge on any atom is -0.310 e. The number of benzene rings is 9. The summed E-state index contributed by atoms with van der Waals surface area (Å²) in [5, 5.41) is 4.96. The van der Waals surface area contributed by atoms with E-state index in [1.54, 1.807) is 0 Å². The summed E-state index contributed by atoms with van der Waals surface area (Å²) in [5.41, 5.74) is 16.9. The van der Waals surface area contributed by atoms with E-state index in [2.05, 4.69) is 226 Å². The van der Waals surface area contributed by atoms with Crippen LogP contribution in [0.3, 0.4) is 0 Å². The molecule has 9 aromatic carbocycles. The number of rotatable bonds is 4. The first-order valence-corrected chi connectivity index (χ1v) is 20.0. The van der Waals surface area contributed by atoms with E-state index in [-0.39, 0.29) is 0 Å². The van der Waals surface area contributed by atoms with Gasteiger partial charge in [0, 0.05) is 37.7 Å². The number of fused-ring (bicyclic) bond motifs is 15. The molecular formula is C53H33BrN2. The first-order chi connectivity index (χ1) is 27.7. The van der Waals surface area contributed by atoms with Gasteiger partial charge in [0.15, 0.2) is 0 Å². The lowest BCUT2D eigenvalue weighted by Gasteiger charge is -2.33. The SMILES string of the molecule is Brc1ccc2c(c1)-c1ccccc1C21c2ccccc2-c2c1cc(N(c1ccccc1)c1ccc3c4ccccc4n(-c4ccccc4)c3c1)c1ccccc21. The van der Waals surface area contributed by atoms with Gasteiger partial charge >= 0.3 is 0 Å². The third-order valence-electron chi connectivity index (χ3n) is 12.2. The number of aromatic nitrogens is 1. The highest BCUT2D eigenvalue weighted by Gasteiger charge is 2.52. The van der Waals surface area contributed by atoms with Crippen molar-refractivity contribution in [2.24, 2.45) is 0 Å². The van der Waals surface area contributed by atoms with Gasteiger partial charge in [-0.15, -0.1) is 0 Å². The highest BCUT2D eigenvalue weighted by atomic mass is 79.9. The Kier molecular flexibility index (Phi) is 6.73. The van der Waals surface area contributed by atoms with Crippen molar-refractivity contribution in [3.63, 3.8) is 0 Å². The van der Waals surface area contributed by atoms with Gasteiger partial charge < -0.3 is 9.47 Å². The number of hydrogen-bond acceptors (Lipinski definition) is 1. The maximum atomic E-state index is 3.83. The molecule has 0 aliphatic heterocycles. The van der Waals surface area contributed by atoms with E-state index in [0.29, 0.717) is 0 Å². The van der Waals surface area contributed by atoms with E-state index >= 15 is 0 Å². The van der Waals surface area contributed by atoms with E-state index in [1.807, 2.05) is 0 Å². The Morgan fingerprint density at radius 1 is 0.393 bits per heavy atom. The Labute approximate surface area is 333 Å². The molecule has 1 heterocycles. The largest absolute Gasteiger partial charge is 0.310 e. The van der Waals surface area contributed by atoms with Crippen molar-refractivity contribution in [2.45, 2.75) is 5.41 Å². The topological polar surface area (TPSA) is 8.17 Å². The molecule has 12 rings (SSSR count). The van der Waals surface area contributed by atoms with Crippen molar-refractivity contribution in [2.75, 3.05) is 4.90 Å². The van der Waals surface area contributed by atoms with Gasteiger partial charge in [0.05, 0.1) is 22.1 Å². The van der Waals surface area contributed by atoms with E-state index in [9.17, 15) is 0 Å². The first kappa shape index (κ1) is 31.6. The second-order valence-electron chi connectivity index (χ2n) is 15.0. The smallest absolute Gasteiger partial charge is 0.0726 e. The Balaban J connectivity index is 1.20. The summed E-state index contributed by atoms with van der Waals surface area (Å²) in [7, 11) is 0. The summed E-state index contributed by atoms with van der Waals surface area (Å²) in [6.45, 7) is 0. The zero-order chi connectivity index (χ0) is 37.0. The molecule has 1 aromatic heterocycles. The molecule has 0 N–H and O–H groups in total. The highest BCUT2D eigenvalue weighted by Crippen LogP contribution is 2.65. The van der Waals surface area contributed by atoms with Crippen molar-refractivity contribution in [1.82, 2.24) is 4.57 Å². The van der Waals surface area contributed by atoms with Gasteiger partial charge in [0.2, 0.25) is 0 Å². The predicted molar refractivity (Wildman–Crippen MR) is 237 cm³/mol. The molecule has 0 saturated heterocycles. The van der Waals surface area contributed by atoms with E-state index in [1.165, 1.54) is 77.1 Å². The summed E-state index contributed by atoms with van der Waals surface area (Å²) in [5.74, 6) is 0. The normalized spacial score (nSPS) is 14.9. The van der Waals surface area contributed by atoms with Crippen molar-refractivity contribution in [3.05, 3.63) is 227 Å². The van der Waals surface area contributed by atoms with Crippen LogP contribution in [0.15, 0.2) is 205 Å². The molecule has 0 bridgehead atoms.